The van der Waals surface area contributed by atoms with Gasteiger partial charge in [-0.2, -0.15) is 0 Å². The fraction of sp³-hybridized carbons (Fsp3) is 0.906. The Morgan fingerprint density at radius 3 is 2.54 bits per heavy atom. The average Bonchev–Trinajstić information content (AvgIpc) is 3.16. The summed E-state index contributed by atoms with van der Waals surface area (Å²) >= 11 is 3.53. The van der Waals surface area contributed by atoms with Crippen molar-refractivity contribution in [3.63, 3.8) is 0 Å². The SMILES string of the molecule is CCCC(Br)C(=O)O[C@H]1CC[C@@]2(C)C(=CCC3C2CC[C@@]2(C)C3CC[C@@H]2[C@H](C)CCCC(C)C)C1. The molecule has 0 aromatic carbocycles. The van der Waals surface area contributed by atoms with Crippen molar-refractivity contribution in [3.8, 4) is 0 Å². The number of carbonyl (C=O) groups excluding carboxylic acids is 1. The lowest BCUT2D eigenvalue weighted by atomic mass is 9.47. The second kappa shape index (κ2) is 11.2. The Hall–Kier alpha value is -0.310. The molecule has 3 fully saturated rings. The minimum Gasteiger partial charge on any atom is -0.461 e. The Bertz CT molecular complexity index is 774. The summed E-state index contributed by atoms with van der Waals surface area (Å²) in [6, 6.07) is 0. The van der Waals surface area contributed by atoms with Gasteiger partial charge in [-0.05, 0) is 97.7 Å². The van der Waals surface area contributed by atoms with Gasteiger partial charge in [0.2, 0.25) is 0 Å². The maximum atomic E-state index is 12.5. The first-order chi connectivity index (χ1) is 16.6. The lowest BCUT2D eigenvalue weighted by molar-refractivity contribution is -0.150. The Kier molecular flexibility index (Phi) is 8.87. The molecule has 0 aromatic rings. The average molecular weight is 550 g/mol. The normalized spacial score (nSPS) is 40.3. The summed E-state index contributed by atoms with van der Waals surface area (Å²) in [5, 5.41) is 0. The van der Waals surface area contributed by atoms with E-state index in [-0.39, 0.29) is 16.9 Å². The molecule has 4 aliphatic carbocycles. The third-order valence-electron chi connectivity index (χ3n) is 11.3. The summed E-state index contributed by atoms with van der Waals surface area (Å²) in [4.78, 5) is 12.4. The Morgan fingerprint density at radius 1 is 1.06 bits per heavy atom. The summed E-state index contributed by atoms with van der Waals surface area (Å²) in [5.41, 5.74) is 2.49. The van der Waals surface area contributed by atoms with Crippen molar-refractivity contribution in [2.75, 3.05) is 0 Å². The highest BCUT2D eigenvalue weighted by molar-refractivity contribution is 9.10. The Balaban J connectivity index is 1.42. The molecule has 35 heavy (non-hydrogen) atoms. The van der Waals surface area contributed by atoms with Crippen LogP contribution in [0, 0.1) is 46.3 Å². The highest BCUT2D eigenvalue weighted by atomic mass is 79.9. The van der Waals surface area contributed by atoms with Crippen LogP contribution in [0.3, 0.4) is 0 Å². The monoisotopic (exact) mass is 548 g/mol. The molecule has 3 heteroatoms. The number of hydrogen-bond acceptors (Lipinski definition) is 2. The molecule has 0 saturated heterocycles. The first-order valence-electron chi connectivity index (χ1n) is 15.1. The third kappa shape index (κ3) is 5.46. The van der Waals surface area contributed by atoms with Crippen LogP contribution >= 0.6 is 15.9 Å². The maximum Gasteiger partial charge on any atom is 0.320 e. The van der Waals surface area contributed by atoms with Gasteiger partial charge in [-0.25, -0.2) is 0 Å². The van der Waals surface area contributed by atoms with Gasteiger partial charge in [0.15, 0.2) is 0 Å². The second-order valence-corrected chi connectivity index (χ2v) is 15.0. The Morgan fingerprint density at radius 2 is 1.83 bits per heavy atom. The largest absolute Gasteiger partial charge is 0.461 e. The van der Waals surface area contributed by atoms with Crippen molar-refractivity contribution in [2.24, 2.45) is 46.3 Å². The summed E-state index contributed by atoms with van der Waals surface area (Å²) in [6.45, 7) is 14.7. The molecule has 0 spiro atoms. The van der Waals surface area contributed by atoms with Gasteiger partial charge in [0.25, 0.3) is 0 Å². The van der Waals surface area contributed by atoms with Crippen LogP contribution in [0.15, 0.2) is 11.6 Å². The summed E-state index contributed by atoms with van der Waals surface area (Å²) < 4.78 is 5.98. The minimum atomic E-state index is -0.148. The van der Waals surface area contributed by atoms with Crippen LogP contribution in [0.1, 0.15) is 125 Å². The van der Waals surface area contributed by atoms with E-state index in [1.165, 1.54) is 57.8 Å². The van der Waals surface area contributed by atoms with Crippen molar-refractivity contribution in [1.29, 1.82) is 0 Å². The number of halogens is 1. The van der Waals surface area contributed by atoms with E-state index in [1.807, 2.05) is 0 Å². The highest BCUT2D eigenvalue weighted by Crippen LogP contribution is 2.67. The molecular formula is C32H53BrO2. The summed E-state index contributed by atoms with van der Waals surface area (Å²) in [7, 11) is 0. The van der Waals surface area contributed by atoms with E-state index in [1.54, 1.807) is 5.57 Å². The van der Waals surface area contributed by atoms with Gasteiger partial charge in [-0.1, -0.05) is 94.8 Å². The predicted octanol–water partition coefficient (Wildman–Crippen LogP) is 9.50. The fourth-order valence-corrected chi connectivity index (χ4v) is 9.93. The predicted molar refractivity (Wildman–Crippen MR) is 151 cm³/mol. The molecule has 9 atom stereocenters. The molecule has 0 N–H and O–H groups in total. The first kappa shape index (κ1) is 27.7. The minimum absolute atomic E-state index is 0.0531. The lowest BCUT2D eigenvalue weighted by Crippen LogP contribution is -2.51. The number of rotatable bonds is 9. The van der Waals surface area contributed by atoms with Gasteiger partial charge < -0.3 is 4.74 Å². The fourth-order valence-electron chi connectivity index (χ4n) is 9.36. The highest BCUT2D eigenvalue weighted by Gasteiger charge is 2.59. The van der Waals surface area contributed by atoms with Crippen molar-refractivity contribution in [1.82, 2.24) is 0 Å². The molecule has 4 aliphatic rings. The zero-order valence-electron chi connectivity index (χ0n) is 23.6. The number of esters is 1. The van der Waals surface area contributed by atoms with Gasteiger partial charge in [-0.15, -0.1) is 0 Å². The molecule has 0 heterocycles. The number of fused-ring (bicyclic) bond motifs is 5. The van der Waals surface area contributed by atoms with Crippen LogP contribution in [0.5, 0.6) is 0 Å². The Labute approximate surface area is 224 Å². The number of hydrogen-bond donors (Lipinski definition) is 0. The van der Waals surface area contributed by atoms with Crippen LogP contribution in [-0.4, -0.2) is 16.9 Å². The maximum absolute atomic E-state index is 12.5. The topological polar surface area (TPSA) is 26.3 Å². The van der Waals surface area contributed by atoms with E-state index in [0.717, 1.165) is 61.2 Å². The first-order valence-corrected chi connectivity index (χ1v) is 16.1. The molecule has 0 radical (unpaired) electrons. The van der Waals surface area contributed by atoms with Gasteiger partial charge in [0.1, 0.15) is 10.9 Å². The van der Waals surface area contributed by atoms with E-state index in [9.17, 15) is 4.79 Å². The zero-order valence-corrected chi connectivity index (χ0v) is 25.2. The zero-order chi connectivity index (χ0) is 25.4. The molecular weight excluding hydrogens is 496 g/mol. The molecule has 0 aromatic heterocycles. The van der Waals surface area contributed by atoms with Gasteiger partial charge in [-0.3, -0.25) is 4.79 Å². The number of carbonyl (C=O) groups is 1. The van der Waals surface area contributed by atoms with Crippen LogP contribution in [0.2, 0.25) is 0 Å². The molecule has 0 amide bonds. The third-order valence-corrected chi connectivity index (χ3v) is 12.2. The number of ether oxygens (including phenoxy) is 1. The molecule has 0 aliphatic heterocycles. The number of allylic oxidation sites excluding steroid dienone is 1. The van der Waals surface area contributed by atoms with Crippen molar-refractivity contribution < 1.29 is 9.53 Å². The molecule has 4 rings (SSSR count). The van der Waals surface area contributed by atoms with Crippen LogP contribution in [-0.2, 0) is 9.53 Å². The van der Waals surface area contributed by atoms with Gasteiger partial charge in [0, 0.05) is 6.42 Å². The van der Waals surface area contributed by atoms with E-state index < -0.39 is 0 Å². The van der Waals surface area contributed by atoms with Crippen LogP contribution < -0.4 is 0 Å². The molecule has 0 bridgehead atoms. The van der Waals surface area contributed by atoms with Crippen LogP contribution in [0.4, 0.5) is 0 Å². The van der Waals surface area contributed by atoms with Gasteiger partial charge in [0.05, 0.1) is 0 Å². The van der Waals surface area contributed by atoms with E-state index in [0.29, 0.717) is 10.8 Å². The second-order valence-electron chi connectivity index (χ2n) is 13.8. The van der Waals surface area contributed by atoms with Crippen LogP contribution in [0.25, 0.3) is 0 Å². The van der Waals surface area contributed by atoms with E-state index in [2.05, 4.69) is 63.5 Å². The quantitative estimate of drug-likeness (QED) is 0.163. The lowest BCUT2D eigenvalue weighted by Gasteiger charge is -2.58. The van der Waals surface area contributed by atoms with E-state index >= 15 is 0 Å². The van der Waals surface area contributed by atoms with Crippen molar-refractivity contribution in [3.05, 3.63) is 11.6 Å². The molecule has 3 saturated carbocycles. The number of alkyl halides is 1. The smallest absolute Gasteiger partial charge is 0.320 e. The summed E-state index contributed by atoms with van der Waals surface area (Å²) in [6.07, 6.45) is 19.0. The van der Waals surface area contributed by atoms with Crippen molar-refractivity contribution in [2.45, 2.75) is 136 Å². The molecule has 4 unspecified atom stereocenters. The van der Waals surface area contributed by atoms with Gasteiger partial charge >= 0.3 is 5.97 Å². The van der Waals surface area contributed by atoms with E-state index in [4.69, 9.17) is 4.74 Å². The standard InChI is InChI=1S/C32H53BrO2/c1-7-9-29(33)30(34)35-24-16-18-31(5)23(20-24)12-13-25-27-15-14-26(22(4)11-8-10-21(2)3)32(27,6)19-17-28(25)31/h12,21-22,24-29H,7-11,13-20H2,1-6H3/t22-,24+,25?,26-,27?,28?,29?,31+,32-/m1/s1. The summed E-state index contributed by atoms with van der Waals surface area (Å²) in [5.74, 6) is 5.19. The van der Waals surface area contributed by atoms with Crippen molar-refractivity contribution >= 4 is 21.9 Å². The molecule has 200 valence electrons. The molecule has 2 nitrogen and oxygen atoms in total.